The van der Waals surface area contributed by atoms with Crippen molar-refractivity contribution in [3.05, 3.63) is 58.3 Å². The third-order valence-corrected chi connectivity index (χ3v) is 6.75. The first-order valence-corrected chi connectivity index (χ1v) is 12.6. The Balaban J connectivity index is 1.34. The Morgan fingerprint density at radius 3 is 2.11 bits per heavy atom. The van der Waals surface area contributed by atoms with Crippen LogP contribution in [-0.2, 0) is 9.47 Å². The predicted molar refractivity (Wildman–Crippen MR) is 144 cm³/mol. The Hall–Kier alpha value is -5.42. The highest BCUT2D eigenvalue weighted by Gasteiger charge is 2.45. The summed E-state index contributed by atoms with van der Waals surface area (Å²) in [6.45, 7) is -0.720. The number of rotatable bonds is 6. The lowest BCUT2D eigenvalue weighted by atomic mass is 9.99. The van der Waals surface area contributed by atoms with Gasteiger partial charge in [0.2, 0.25) is 17.5 Å². The van der Waals surface area contributed by atoms with Gasteiger partial charge in [0.1, 0.15) is 53.5 Å². The number of carbonyl (C=O) groups excluding carboxylic acids is 1. The molecule has 232 valence electrons. The second-order valence-corrected chi connectivity index (χ2v) is 9.72. The topological polar surface area (TPSA) is 277 Å². The molecular weight excluding hydrogens is 592 g/mol. The van der Waals surface area contributed by atoms with Crippen molar-refractivity contribution < 1.29 is 74.5 Å². The van der Waals surface area contributed by atoms with Crippen molar-refractivity contribution in [3.63, 3.8) is 0 Å². The summed E-state index contributed by atoms with van der Waals surface area (Å²) in [5.41, 5.74) is -1.71. The molecule has 16 nitrogen and oxygen atoms in total. The van der Waals surface area contributed by atoms with Crippen molar-refractivity contribution in [1.29, 1.82) is 0 Å². The molecule has 0 radical (unpaired) electrons. The van der Waals surface area contributed by atoms with Crippen LogP contribution < -0.4 is 10.2 Å². The average Bonchev–Trinajstić information content (AvgIpc) is 2.97. The normalized spacial score (nSPS) is 21.7. The van der Waals surface area contributed by atoms with Crippen LogP contribution >= 0.6 is 0 Å². The fraction of sp³-hybridized carbons (Fsp3) is 0.214. The molecule has 0 saturated carbocycles. The summed E-state index contributed by atoms with van der Waals surface area (Å²) in [5.74, 6) is -6.96. The maximum Gasteiger partial charge on any atom is 0.338 e. The van der Waals surface area contributed by atoms with Gasteiger partial charge in [-0.15, -0.1) is 0 Å². The Bertz CT molecular complexity index is 1790. The van der Waals surface area contributed by atoms with Crippen LogP contribution in [0, 0.1) is 0 Å². The molecule has 0 amide bonds. The number of aliphatic hydroxyl groups is 3. The molecule has 1 aliphatic rings. The van der Waals surface area contributed by atoms with Gasteiger partial charge < -0.3 is 69.7 Å². The summed E-state index contributed by atoms with van der Waals surface area (Å²) in [5, 5.41) is 100. The smallest absolute Gasteiger partial charge is 0.338 e. The van der Waals surface area contributed by atoms with Gasteiger partial charge in [0.05, 0.1) is 5.56 Å². The van der Waals surface area contributed by atoms with E-state index in [1.807, 2.05) is 0 Å². The van der Waals surface area contributed by atoms with Gasteiger partial charge in [-0.25, -0.2) is 4.79 Å². The second kappa shape index (κ2) is 11.3. The highest BCUT2D eigenvalue weighted by molar-refractivity contribution is 5.91. The molecule has 5 rings (SSSR count). The van der Waals surface area contributed by atoms with E-state index >= 15 is 0 Å². The maximum atomic E-state index is 12.6. The van der Waals surface area contributed by atoms with Gasteiger partial charge in [0.15, 0.2) is 34.5 Å². The van der Waals surface area contributed by atoms with Crippen molar-refractivity contribution in [2.24, 2.45) is 0 Å². The van der Waals surface area contributed by atoms with Gasteiger partial charge in [-0.05, 0) is 30.3 Å². The first-order chi connectivity index (χ1) is 20.8. The molecule has 1 aliphatic heterocycles. The molecular formula is C28H24O16. The number of hydrogen-bond acceptors (Lipinski definition) is 16. The van der Waals surface area contributed by atoms with E-state index in [4.69, 9.17) is 18.6 Å². The molecule has 2 heterocycles. The highest BCUT2D eigenvalue weighted by atomic mass is 16.7. The van der Waals surface area contributed by atoms with Gasteiger partial charge in [-0.3, -0.25) is 4.79 Å². The fourth-order valence-corrected chi connectivity index (χ4v) is 4.47. The van der Waals surface area contributed by atoms with Gasteiger partial charge in [-0.1, -0.05) is 0 Å². The van der Waals surface area contributed by atoms with E-state index in [1.54, 1.807) is 0 Å². The molecule has 44 heavy (non-hydrogen) atoms. The van der Waals surface area contributed by atoms with Gasteiger partial charge in [-0.2, -0.15) is 0 Å². The quantitative estimate of drug-likeness (QED) is 0.104. The molecule has 0 spiro atoms. The summed E-state index contributed by atoms with van der Waals surface area (Å²) in [4.78, 5) is 25.0. The Morgan fingerprint density at radius 2 is 1.45 bits per heavy atom. The van der Waals surface area contributed by atoms with Crippen LogP contribution in [0.1, 0.15) is 10.4 Å². The average molecular weight is 616 g/mol. The van der Waals surface area contributed by atoms with E-state index in [0.717, 1.165) is 36.4 Å². The number of aliphatic hydroxyl groups excluding tert-OH is 3. The van der Waals surface area contributed by atoms with Crippen LogP contribution in [0.25, 0.3) is 22.3 Å². The molecule has 4 aromatic rings. The lowest BCUT2D eigenvalue weighted by molar-refractivity contribution is -0.277. The molecule has 10 N–H and O–H groups in total. The number of benzene rings is 3. The molecule has 0 aliphatic carbocycles. The minimum atomic E-state index is -1.88. The lowest BCUT2D eigenvalue weighted by Crippen LogP contribution is -2.60. The summed E-state index contributed by atoms with van der Waals surface area (Å²) >= 11 is 0. The molecule has 5 atom stereocenters. The zero-order valence-electron chi connectivity index (χ0n) is 22.1. The van der Waals surface area contributed by atoms with Crippen LogP contribution in [0.15, 0.2) is 51.7 Å². The maximum absolute atomic E-state index is 12.6. The second-order valence-electron chi connectivity index (χ2n) is 9.72. The third-order valence-electron chi connectivity index (χ3n) is 6.75. The largest absolute Gasteiger partial charge is 0.508 e. The number of aromatic hydroxyl groups is 7. The summed E-state index contributed by atoms with van der Waals surface area (Å²) in [6, 6.07) is 6.89. The van der Waals surface area contributed by atoms with Gasteiger partial charge in [0.25, 0.3) is 0 Å². The minimum absolute atomic E-state index is 0.0501. The van der Waals surface area contributed by atoms with Crippen LogP contribution in [0.4, 0.5) is 0 Å². The Labute approximate surface area is 244 Å². The standard InChI is InChI=1S/C28H24O16/c29-11-6-13(31)19-17(7-11)42-26(24(38)22(19)36)9-1-2-16(12(30)3-9)43-28-25(39)23(37)21(35)18(44-28)8-41-27(40)10-4-14(32)20(34)15(33)5-10/h1-7,18,21,23,25,28-35,37-39H,8H2/t18-,21-,23+,25-,28+/m1/s1. The van der Waals surface area contributed by atoms with E-state index in [0.29, 0.717) is 0 Å². The van der Waals surface area contributed by atoms with Crippen molar-refractivity contribution >= 4 is 16.9 Å². The highest BCUT2D eigenvalue weighted by Crippen LogP contribution is 2.39. The number of carbonyl (C=O) groups is 1. The van der Waals surface area contributed by atoms with Crippen LogP contribution in [0.2, 0.25) is 0 Å². The third kappa shape index (κ3) is 5.40. The van der Waals surface area contributed by atoms with E-state index in [-0.39, 0.29) is 22.5 Å². The number of phenolic OH excluding ortho intramolecular Hbond substituents is 6. The van der Waals surface area contributed by atoms with Crippen LogP contribution in [0.5, 0.6) is 46.0 Å². The number of hydrogen-bond donors (Lipinski definition) is 10. The summed E-state index contributed by atoms with van der Waals surface area (Å²) in [7, 11) is 0. The predicted octanol–water partition coefficient (Wildman–Crippen LogP) is 0.443. The zero-order valence-corrected chi connectivity index (χ0v) is 22.1. The summed E-state index contributed by atoms with van der Waals surface area (Å²) in [6.07, 6.45) is -8.76. The van der Waals surface area contributed by atoms with Crippen molar-refractivity contribution in [2.75, 3.05) is 6.61 Å². The fourth-order valence-electron chi connectivity index (χ4n) is 4.47. The van der Waals surface area contributed by atoms with Crippen LogP contribution in [0.3, 0.4) is 0 Å². The van der Waals surface area contributed by atoms with Gasteiger partial charge in [0, 0.05) is 17.7 Å². The Morgan fingerprint density at radius 1 is 0.773 bits per heavy atom. The van der Waals surface area contributed by atoms with E-state index in [9.17, 15) is 60.7 Å². The van der Waals surface area contributed by atoms with Crippen molar-refractivity contribution in [2.45, 2.75) is 30.7 Å². The molecule has 16 heteroatoms. The number of phenols is 6. The number of esters is 1. The van der Waals surface area contributed by atoms with Gasteiger partial charge >= 0.3 is 5.97 Å². The molecule has 0 bridgehead atoms. The zero-order chi connectivity index (χ0) is 32.0. The van der Waals surface area contributed by atoms with E-state index in [2.05, 4.69) is 0 Å². The van der Waals surface area contributed by atoms with E-state index in [1.165, 1.54) is 6.07 Å². The first kappa shape index (κ1) is 30.1. The number of ether oxygens (including phenoxy) is 3. The van der Waals surface area contributed by atoms with Crippen molar-refractivity contribution in [1.82, 2.24) is 0 Å². The number of fused-ring (bicyclic) bond motifs is 1. The first-order valence-electron chi connectivity index (χ1n) is 12.6. The van der Waals surface area contributed by atoms with Crippen LogP contribution in [-0.4, -0.2) is 94.3 Å². The Kier molecular flexibility index (Phi) is 7.75. The molecule has 3 aromatic carbocycles. The SMILES string of the molecule is O=C(OC[C@H]1O[C@H](Oc2ccc(-c3oc4cc(O)cc(O)c4c(=O)c3O)cc2O)[C@H](O)[C@@H](O)[C@@H]1O)c1cc(O)c(O)c(O)c1. The monoisotopic (exact) mass is 616 g/mol. The molecule has 1 saturated heterocycles. The lowest BCUT2D eigenvalue weighted by Gasteiger charge is -2.39. The summed E-state index contributed by atoms with van der Waals surface area (Å²) < 4.78 is 21.4. The van der Waals surface area contributed by atoms with E-state index < -0.39 is 100 Å². The molecule has 1 aromatic heterocycles. The molecule has 1 fully saturated rings. The van der Waals surface area contributed by atoms with Crippen molar-refractivity contribution in [3.8, 4) is 57.3 Å². The minimum Gasteiger partial charge on any atom is -0.508 e. The molecule has 0 unspecified atom stereocenters.